The Balaban J connectivity index is 2.82. The van der Waals surface area contributed by atoms with Crippen molar-refractivity contribution in [2.24, 2.45) is 0 Å². The molecule has 17 heavy (non-hydrogen) atoms. The molecule has 4 nitrogen and oxygen atoms in total. The molecule has 0 aliphatic heterocycles. The van der Waals surface area contributed by atoms with E-state index in [2.05, 4.69) is 4.74 Å². The van der Waals surface area contributed by atoms with Gasteiger partial charge in [-0.3, -0.25) is 0 Å². The van der Waals surface area contributed by atoms with Gasteiger partial charge < -0.3 is 14.2 Å². The van der Waals surface area contributed by atoms with E-state index in [0.29, 0.717) is 6.61 Å². The molecule has 0 heterocycles. The maximum atomic E-state index is 11.2. The van der Waals surface area contributed by atoms with E-state index in [4.69, 9.17) is 9.47 Å². The molecule has 1 aromatic carbocycles. The molecule has 4 heteroatoms. The van der Waals surface area contributed by atoms with Crippen LogP contribution in [-0.4, -0.2) is 26.0 Å². The highest BCUT2D eigenvalue weighted by atomic mass is 16.7. The van der Waals surface area contributed by atoms with Gasteiger partial charge in [0.25, 0.3) is 0 Å². The molecule has 1 aromatic rings. The first-order valence-corrected chi connectivity index (χ1v) is 5.60. The second-order valence-corrected chi connectivity index (χ2v) is 3.56. The van der Waals surface area contributed by atoms with Crippen LogP contribution < -0.4 is 0 Å². The van der Waals surface area contributed by atoms with Crippen LogP contribution in [0.1, 0.15) is 25.5 Å². The standard InChI is InChI=1S/C13H18O4/c1-4-16-10(2)12(17-13(14)15-3)11-8-6-5-7-9-11/h5-10,12H,4H2,1-3H3. The fraction of sp³-hybridized carbons (Fsp3) is 0.462. The fourth-order valence-electron chi connectivity index (χ4n) is 1.58. The third-order valence-electron chi connectivity index (χ3n) is 2.37. The lowest BCUT2D eigenvalue weighted by Crippen LogP contribution is -2.24. The van der Waals surface area contributed by atoms with Gasteiger partial charge in [-0.1, -0.05) is 30.3 Å². The van der Waals surface area contributed by atoms with Crippen molar-refractivity contribution in [3.63, 3.8) is 0 Å². The van der Waals surface area contributed by atoms with Crippen LogP contribution in [0.15, 0.2) is 30.3 Å². The van der Waals surface area contributed by atoms with Crippen LogP contribution in [0.5, 0.6) is 0 Å². The third kappa shape index (κ3) is 4.07. The molecule has 0 aromatic heterocycles. The molecule has 0 fully saturated rings. The van der Waals surface area contributed by atoms with E-state index in [1.54, 1.807) is 0 Å². The number of hydrogen-bond donors (Lipinski definition) is 0. The number of ether oxygens (including phenoxy) is 3. The van der Waals surface area contributed by atoms with Gasteiger partial charge in [-0.15, -0.1) is 0 Å². The minimum Gasteiger partial charge on any atom is -0.438 e. The molecule has 0 radical (unpaired) electrons. The first-order chi connectivity index (χ1) is 8.19. The highest BCUT2D eigenvalue weighted by Crippen LogP contribution is 2.23. The van der Waals surface area contributed by atoms with E-state index in [-0.39, 0.29) is 6.10 Å². The van der Waals surface area contributed by atoms with Crippen LogP contribution in [0.4, 0.5) is 4.79 Å². The van der Waals surface area contributed by atoms with Gasteiger partial charge in [0, 0.05) is 6.61 Å². The third-order valence-corrected chi connectivity index (χ3v) is 2.37. The maximum Gasteiger partial charge on any atom is 0.508 e. The summed E-state index contributed by atoms with van der Waals surface area (Å²) in [7, 11) is 1.29. The summed E-state index contributed by atoms with van der Waals surface area (Å²) in [6.07, 6.45) is -1.38. The lowest BCUT2D eigenvalue weighted by atomic mass is 10.1. The predicted molar refractivity (Wildman–Crippen MR) is 63.8 cm³/mol. The molecule has 0 aliphatic rings. The van der Waals surface area contributed by atoms with Crippen molar-refractivity contribution < 1.29 is 19.0 Å². The molecule has 0 amide bonds. The highest BCUT2D eigenvalue weighted by molar-refractivity contribution is 5.60. The molecule has 0 spiro atoms. The van der Waals surface area contributed by atoms with E-state index in [0.717, 1.165) is 5.56 Å². The van der Waals surface area contributed by atoms with Crippen molar-refractivity contribution in [1.82, 2.24) is 0 Å². The molecule has 0 bridgehead atoms. The van der Waals surface area contributed by atoms with Gasteiger partial charge in [0.1, 0.15) is 0 Å². The highest BCUT2D eigenvalue weighted by Gasteiger charge is 2.24. The van der Waals surface area contributed by atoms with Crippen LogP contribution in [0.25, 0.3) is 0 Å². The van der Waals surface area contributed by atoms with Crippen molar-refractivity contribution in [2.45, 2.75) is 26.1 Å². The molecule has 0 N–H and O–H groups in total. The molecule has 2 unspecified atom stereocenters. The van der Waals surface area contributed by atoms with Crippen molar-refractivity contribution >= 4 is 6.16 Å². The summed E-state index contributed by atoms with van der Waals surface area (Å²) in [5.41, 5.74) is 0.888. The van der Waals surface area contributed by atoms with E-state index in [1.807, 2.05) is 44.2 Å². The summed E-state index contributed by atoms with van der Waals surface area (Å²) >= 11 is 0. The Kier molecular flexibility index (Phi) is 5.49. The summed E-state index contributed by atoms with van der Waals surface area (Å²) in [5, 5.41) is 0. The molecule has 0 saturated heterocycles. The Hall–Kier alpha value is -1.55. The molecule has 1 rings (SSSR count). The minimum atomic E-state index is -0.703. The van der Waals surface area contributed by atoms with Crippen LogP contribution in [-0.2, 0) is 14.2 Å². The van der Waals surface area contributed by atoms with Gasteiger partial charge in [-0.25, -0.2) is 4.79 Å². The zero-order valence-electron chi connectivity index (χ0n) is 10.4. The van der Waals surface area contributed by atoms with Gasteiger partial charge >= 0.3 is 6.16 Å². The van der Waals surface area contributed by atoms with E-state index in [1.165, 1.54) is 7.11 Å². The van der Waals surface area contributed by atoms with Gasteiger partial charge in [-0.2, -0.15) is 0 Å². The molecular formula is C13H18O4. The lowest BCUT2D eigenvalue weighted by Gasteiger charge is -2.23. The maximum absolute atomic E-state index is 11.2. The van der Waals surface area contributed by atoms with Gasteiger partial charge in [-0.05, 0) is 19.4 Å². The predicted octanol–water partition coefficient (Wildman–Crippen LogP) is 2.94. The number of rotatable bonds is 5. The molecule has 2 atom stereocenters. The van der Waals surface area contributed by atoms with E-state index < -0.39 is 12.3 Å². The molecule has 0 saturated carbocycles. The zero-order valence-corrected chi connectivity index (χ0v) is 10.4. The number of hydrogen-bond acceptors (Lipinski definition) is 4. The van der Waals surface area contributed by atoms with Crippen LogP contribution >= 0.6 is 0 Å². The fourth-order valence-corrected chi connectivity index (χ4v) is 1.58. The molecule has 0 aliphatic carbocycles. The number of methoxy groups -OCH3 is 1. The summed E-state index contributed by atoms with van der Waals surface area (Å²) in [6.45, 7) is 4.33. The minimum absolute atomic E-state index is 0.221. The SMILES string of the molecule is CCOC(C)C(OC(=O)OC)c1ccccc1. The van der Waals surface area contributed by atoms with E-state index >= 15 is 0 Å². The molecule has 94 valence electrons. The van der Waals surface area contributed by atoms with Crippen LogP contribution in [0.2, 0.25) is 0 Å². The van der Waals surface area contributed by atoms with Crippen LogP contribution in [0.3, 0.4) is 0 Å². The largest absolute Gasteiger partial charge is 0.508 e. The van der Waals surface area contributed by atoms with Gasteiger partial charge in [0.2, 0.25) is 0 Å². The average molecular weight is 238 g/mol. The van der Waals surface area contributed by atoms with Gasteiger partial charge in [0.05, 0.1) is 13.2 Å². The zero-order chi connectivity index (χ0) is 12.7. The van der Waals surface area contributed by atoms with Crippen molar-refractivity contribution in [3.8, 4) is 0 Å². The first kappa shape index (κ1) is 13.5. The number of carbonyl (C=O) groups excluding carboxylic acids is 1. The summed E-state index contributed by atoms with van der Waals surface area (Å²) in [4.78, 5) is 11.2. The summed E-state index contributed by atoms with van der Waals surface area (Å²) < 4.78 is 15.2. The Labute approximate surface area is 101 Å². The Morgan fingerprint density at radius 2 is 1.94 bits per heavy atom. The number of benzene rings is 1. The monoisotopic (exact) mass is 238 g/mol. The molecular weight excluding hydrogens is 220 g/mol. The average Bonchev–Trinajstić information content (AvgIpc) is 2.36. The van der Waals surface area contributed by atoms with Crippen LogP contribution in [0, 0.1) is 0 Å². The summed E-state index contributed by atoms with van der Waals surface area (Å²) in [5.74, 6) is 0. The normalized spacial score (nSPS) is 13.8. The first-order valence-electron chi connectivity index (χ1n) is 5.60. The second-order valence-electron chi connectivity index (χ2n) is 3.56. The number of carbonyl (C=O) groups is 1. The second kappa shape index (κ2) is 6.91. The van der Waals surface area contributed by atoms with Crippen molar-refractivity contribution in [1.29, 1.82) is 0 Å². The van der Waals surface area contributed by atoms with Crippen molar-refractivity contribution in [2.75, 3.05) is 13.7 Å². The Bertz CT molecular complexity index is 337. The quantitative estimate of drug-likeness (QED) is 0.740. The van der Waals surface area contributed by atoms with Crippen molar-refractivity contribution in [3.05, 3.63) is 35.9 Å². The van der Waals surface area contributed by atoms with E-state index in [9.17, 15) is 4.79 Å². The Morgan fingerprint density at radius 1 is 1.29 bits per heavy atom. The lowest BCUT2D eigenvalue weighted by molar-refractivity contribution is -0.0504. The smallest absolute Gasteiger partial charge is 0.438 e. The Morgan fingerprint density at radius 3 is 2.47 bits per heavy atom. The summed E-state index contributed by atoms with van der Waals surface area (Å²) in [6, 6.07) is 9.47. The topological polar surface area (TPSA) is 44.8 Å². The van der Waals surface area contributed by atoms with Gasteiger partial charge in [0.15, 0.2) is 6.10 Å².